The van der Waals surface area contributed by atoms with E-state index in [9.17, 15) is 15.0 Å². The Morgan fingerprint density at radius 2 is 2.12 bits per heavy atom. The number of hydrogen-bond acceptors (Lipinski definition) is 8. The van der Waals surface area contributed by atoms with E-state index in [1.807, 2.05) is 5.53 Å². The molecule has 150 valence electrons. The Kier molecular flexibility index (Phi) is 7.63. The number of rotatable bonds is 8. The predicted molar refractivity (Wildman–Crippen MR) is 97.3 cm³/mol. The van der Waals surface area contributed by atoms with Crippen LogP contribution in [0.4, 0.5) is 0 Å². The van der Waals surface area contributed by atoms with Crippen LogP contribution in [0.5, 0.6) is 0 Å². The first-order chi connectivity index (χ1) is 12.4. The molecule has 4 atom stereocenters. The van der Waals surface area contributed by atoms with Gasteiger partial charge in [0.15, 0.2) is 5.84 Å². The first-order valence-electron chi connectivity index (χ1n) is 9.51. The number of nitrogens with one attached hydrogen (secondary N) is 2. The lowest BCUT2D eigenvalue weighted by molar-refractivity contribution is -0.148. The van der Waals surface area contributed by atoms with Crippen LogP contribution in [0.15, 0.2) is 5.10 Å². The number of nitrogens with two attached hydrogens (primary N) is 2. The van der Waals surface area contributed by atoms with Crippen LogP contribution in [0.3, 0.4) is 0 Å². The fourth-order valence-corrected chi connectivity index (χ4v) is 4.11. The second kappa shape index (κ2) is 9.50. The first-order valence-corrected chi connectivity index (χ1v) is 9.51. The van der Waals surface area contributed by atoms with Gasteiger partial charge in [0.05, 0.1) is 6.61 Å². The summed E-state index contributed by atoms with van der Waals surface area (Å²) in [6.07, 6.45) is 5.41. The predicted octanol–water partition coefficient (Wildman–Crippen LogP) is -0.469. The van der Waals surface area contributed by atoms with Gasteiger partial charge < -0.3 is 26.0 Å². The molecule has 9 nitrogen and oxygen atoms in total. The van der Waals surface area contributed by atoms with Crippen LogP contribution >= 0.6 is 0 Å². The van der Waals surface area contributed by atoms with Crippen LogP contribution in [-0.4, -0.2) is 47.0 Å². The second-order valence-corrected chi connectivity index (χ2v) is 7.56. The average Bonchev–Trinajstić information content (AvgIpc) is 2.61. The van der Waals surface area contributed by atoms with Crippen molar-refractivity contribution >= 4 is 11.8 Å². The smallest absolute Gasteiger partial charge is 0.323 e. The maximum absolute atomic E-state index is 12.2. The highest BCUT2D eigenvalue weighted by molar-refractivity contribution is 5.86. The third-order valence-electron chi connectivity index (χ3n) is 5.61. The highest BCUT2D eigenvalue weighted by Gasteiger charge is 2.41. The molecule has 2 fully saturated rings. The molecule has 1 saturated carbocycles. The molecule has 1 aliphatic carbocycles. The average molecular weight is 371 g/mol. The number of amidine groups is 1. The van der Waals surface area contributed by atoms with Gasteiger partial charge in [0, 0.05) is 6.42 Å². The molecule has 4 unspecified atom stereocenters. The molecule has 0 radical (unpaired) electrons. The van der Waals surface area contributed by atoms with Crippen molar-refractivity contribution in [2.75, 3.05) is 13.2 Å². The second-order valence-electron chi connectivity index (χ2n) is 7.56. The van der Waals surface area contributed by atoms with Crippen molar-refractivity contribution in [2.24, 2.45) is 34.4 Å². The lowest BCUT2D eigenvalue weighted by Gasteiger charge is -2.43. The molecule has 0 aromatic heterocycles. The number of unbranched alkanes of at least 4 members (excludes halogenated alkanes) is 1. The lowest BCUT2D eigenvalue weighted by atomic mass is 9.68. The Bertz CT molecular complexity index is 500. The third-order valence-corrected chi connectivity index (χ3v) is 5.61. The number of ether oxygens (including phenoxy) is 1. The Labute approximate surface area is 154 Å². The molecular formula is C17H33N5O4. The monoisotopic (exact) mass is 371 g/mol. The molecule has 0 aromatic rings. The lowest BCUT2D eigenvalue weighted by Crippen LogP contribution is -2.51. The van der Waals surface area contributed by atoms with Gasteiger partial charge in [-0.25, -0.2) is 11.4 Å². The van der Waals surface area contributed by atoms with Gasteiger partial charge in [-0.05, 0) is 56.4 Å². The minimum atomic E-state index is -2.19. The van der Waals surface area contributed by atoms with Gasteiger partial charge in [-0.2, -0.15) is 0 Å². The minimum Gasteiger partial charge on any atom is -0.465 e. The largest absolute Gasteiger partial charge is 0.465 e. The molecule has 8 N–H and O–H groups in total. The van der Waals surface area contributed by atoms with E-state index in [1.54, 1.807) is 0 Å². The van der Waals surface area contributed by atoms with Crippen LogP contribution in [0, 0.1) is 17.8 Å². The number of hydrazine groups is 1. The Balaban J connectivity index is 1.88. The summed E-state index contributed by atoms with van der Waals surface area (Å²) in [5, 5.41) is 27.1. The number of hydrazone groups is 1. The summed E-state index contributed by atoms with van der Waals surface area (Å²) in [6, 6.07) is -0.270. The molecule has 0 aromatic carbocycles. The van der Waals surface area contributed by atoms with Gasteiger partial charge >= 0.3 is 5.97 Å². The van der Waals surface area contributed by atoms with Crippen molar-refractivity contribution in [3.05, 3.63) is 0 Å². The summed E-state index contributed by atoms with van der Waals surface area (Å²) in [4.78, 5) is 12.2. The van der Waals surface area contributed by atoms with Crippen LogP contribution < -0.4 is 22.4 Å². The van der Waals surface area contributed by atoms with E-state index < -0.39 is 5.79 Å². The van der Waals surface area contributed by atoms with Crippen molar-refractivity contribution < 1.29 is 19.7 Å². The Morgan fingerprint density at radius 3 is 2.81 bits per heavy atom. The number of hydrogen-bond donors (Lipinski definition) is 6. The maximum Gasteiger partial charge on any atom is 0.323 e. The normalized spacial score (nSPS) is 29.8. The Hall–Kier alpha value is -1.42. The van der Waals surface area contributed by atoms with Crippen molar-refractivity contribution in [1.29, 1.82) is 0 Å². The van der Waals surface area contributed by atoms with Crippen molar-refractivity contribution in [1.82, 2.24) is 10.9 Å². The van der Waals surface area contributed by atoms with E-state index in [0.717, 1.165) is 45.1 Å². The van der Waals surface area contributed by atoms with E-state index in [-0.39, 0.29) is 30.2 Å². The van der Waals surface area contributed by atoms with Gasteiger partial charge in [-0.15, -0.1) is 5.10 Å². The third kappa shape index (κ3) is 5.54. The highest BCUT2D eigenvalue weighted by Crippen LogP contribution is 2.41. The van der Waals surface area contributed by atoms with Gasteiger partial charge in [-0.1, -0.05) is 13.3 Å². The summed E-state index contributed by atoms with van der Waals surface area (Å²) in [5.74, 6) is 3.31. The fraction of sp³-hybridized carbons (Fsp3) is 0.882. The van der Waals surface area contributed by atoms with Gasteiger partial charge in [0.1, 0.15) is 6.04 Å². The summed E-state index contributed by atoms with van der Waals surface area (Å²) in [5.41, 5.74) is 7.55. The van der Waals surface area contributed by atoms with Crippen LogP contribution in [0.25, 0.3) is 0 Å². The molecule has 0 amide bonds. The molecule has 1 aliphatic heterocycles. The zero-order valence-corrected chi connectivity index (χ0v) is 15.5. The number of esters is 1. The summed E-state index contributed by atoms with van der Waals surface area (Å²) >= 11 is 0. The highest BCUT2D eigenvalue weighted by atomic mass is 16.5. The van der Waals surface area contributed by atoms with E-state index in [4.69, 9.17) is 16.3 Å². The molecule has 9 heteroatoms. The molecule has 1 saturated heterocycles. The zero-order valence-electron chi connectivity index (χ0n) is 15.5. The molecule has 0 bridgehead atoms. The molecule has 0 spiro atoms. The summed E-state index contributed by atoms with van der Waals surface area (Å²) in [7, 11) is 0. The fourth-order valence-electron chi connectivity index (χ4n) is 4.11. The maximum atomic E-state index is 12.2. The number of fused-ring (bicyclic) bond motifs is 1. The first kappa shape index (κ1) is 20.9. The van der Waals surface area contributed by atoms with Crippen LogP contribution in [-0.2, 0) is 9.53 Å². The van der Waals surface area contributed by atoms with Gasteiger partial charge in [0.2, 0.25) is 5.79 Å². The number of carbonyl (C=O) groups excluding carboxylic acids is 1. The molecular weight excluding hydrogens is 338 g/mol. The van der Waals surface area contributed by atoms with Gasteiger partial charge in [-0.3, -0.25) is 4.79 Å². The molecule has 2 aliphatic rings. The van der Waals surface area contributed by atoms with E-state index in [0.29, 0.717) is 18.4 Å². The summed E-state index contributed by atoms with van der Waals surface area (Å²) in [6.45, 7) is 3.33. The topological polar surface area (TPSA) is 155 Å². The van der Waals surface area contributed by atoms with E-state index in [2.05, 4.69) is 17.3 Å². The zero-order chi connectivity index (χ0) is 19.2. The number of piperidine rings is 1. The van der Waals surface area contributed by atoms with Crippen molar-refractivity contribution in [2.45, 2.75) is 63.7 Å². The molecule has 1 heterocycles. The van der Waals surface area contributed by atoms with E-state index >= 15 is 0 Å². The van der Waals surface area contributed by atoms with Crippen molar-refractivity contribution in [3.63, 3.8) is 0 Å². The molecule has 26 heavy (non-hydrogen) atoms. The van der Waals surface area contributed by atoms with Crippen molar-refractivity contribution in [3.8, 4) is 0 Å². The quantitative estimate of drug-likeness (QED) is 0.0636. The number of carbonyl (C=O) groups is 1. The van der Waals surface area contributed by atoms with Crippen LogP contribution in [0.2, 0.25) is 0 Å². The van der Waals surface area contributed by atoms with Gasteiger partial charge in [0.25, 0.3) is 0 Å². The Morgan fingerprint density at radius 1 is 1.35 bits per heavy atom. The number of nitrogens with zero attached hydrogens (tertiary/aromatic N) is 1. The molecule has 2 rings (SSSR count). The van der Waals surface area contributed by atoms with E-state index in [1.165, 1.54) is 0 Å². The standard InChI is InChI=1S/C17H33N5O4/c1-2-3-6-26-15(23)14-8-13-7-11(4-5-12(13)10-20-14)9-17(24,25)16(18)21-22-19/h11-14,20,22,24-25H,2-10,19H2,1H3,(H2,18,21). The summed E-state index contributed by atoms with van der Waals surface area (Å²) < 4.78 is 5.33. The number of aliphatic hydroxyl groups is 2. The minimum absolute atomic E-state index is 0.103. The SMILES string of the molecule is CCCCOC(=O)C1CC2CC(CC(O)(O)/C(N)=N/NN)CCC2CN1. The van der Waals surface area contributed by atoms with Crippen LogP contribution in [0.1, 0.15) is 51.9 Å².